The minimum Gasteiger partial charge on any atom is -0.309 e. The van der Waals surface area contributed by atoms with Crippen LogP contribution in [0.3, 0.4) is 0 Å². The predicted molar refractivity (Wildman–Crippen MR) is 88.4 cm³/mol. The second kappa shape index (κ2) is 7.93. The van der Waals surface area contributed by atoms with Crippen LogP contribution in [0.4, 0.5) is 0 Å². The lowest BCUT2D eigenvalue weighted by Gasteiger charge is -2.41. The molecule has 0 aromatic heterocycles. The summed E-state index contributed by atoms with van der Waals surface area (Å²) >= 11 is 0. The molecule has 0 bridgehead atoms. The minimum absolute atomic E-state index is 0.0613. The van der Waals surface area contributed by atoms with E-state index >= 15 is 0 Å². The van der Waals surface area contributed by atoms with E-state index < -0.39 is 9.84 Å². The fourth-order valence-corrected chi connectivity index (χ4v) is 4.96. The first kappa shape index (κ1) is 17.2. The van der Waals surface area contributed by atoms with Gasteiger partial charge >= 0.3 is 0 Å². The van der Waals surface area contributed by atoms with Crippen molar-refractivity contribution in [3.05, 3.63) is 0 Å². The molecule has 4 nitrogen and oxygen atoms in total. The molecule has 5 heteroatoms. The van der Waals surface area contributed by atoms with Crippen molar-refractivity contribution < 1.29 is 8.42 Å². The van der Waals surface area contributed by atoms with Crippen LogP contribution in [0.1, 0.15) is 58.8 Å². The largest absolute Gasteiger partial charge is 0.309 e. The fraction of sp³-hybridized carbons (Fsp3) is 1.00. The van der Waals surface area contributed by atoms with Crippen LogP contribution in [0.2, 0.25) is 0 Å². The van der Waals surface area contributed by atoms with E-state index in [2.05, 4.69) is 10.2 Å². The molecule has 1 saturated heterocycles. The zero-order valence-electron chi connectivity index (χ0n) is 13.7. The van der Waals surface area contributed by atoms with Crippen LogP contribution in [0.5, 0.6) is 0 Å². The molecule has 21 heavy (non-hydrogen) atoms. The summed E-state index contributed by atoms with van der Waals surface area (Å²) in [4.78, 5) is 2.65. The highest BCUT2D eigenvalue weighted by Crippen LogP contribution is 2.25. The van der Waals surface area contributed by atoms with Crippen LogP contribution in [-0.2, 0) is 9.84 Å². The van der Waals surface area contributed by atoms with Gasteiger partial charge in [0.1, 0.15) is 0 Å². The number of rotatable bonds is 6. The Hall–Kier alpha value is -0.130. The highest BCUT2D eigenvalue weighted by molar-refractivity contribution is 7.91. The first-order chi connectivity index (χ1) is 10.00. The van der Waals surface area contributed by atoms with Gasteiger partial charge in [-0.2, -0.15) is 0 Å². The van der Waals surface area contributed by atoms with Gasteiger partial charge in [0, 0.05) is 30.4 Å². The van der Waals surface area contributed by atoms with E-state index in [4.69, 9.17) is 0 Å². The number of likely N-dealkylation sites (tertiary alicyclic amines) is 1. The minimum atomic E-state index is -2.88. The van der Waals surface area contributed by atoms with Crippen LogP contribution in [0.15, 0.2) is 0 Å². The maximum absolute atomic E-state index is 11.7. The quantitative estimate of drug-likeness (QED) is 0.816. The van der Waals surface area contributed by atoms with E-state index in [0.29, 0.717) is 6.04 Å². The van der Waals surface area contributed by atoms with Gasteiger partial charge in [0.25, 0.3) is 0 Å². The highest BCUT2D eigenvalue weighted by Gasteiger charge is 2.28. The molecule has 2 atom stereocenters. The Morgan fingerprint density at radius 1 is 1.14 bits per heavy atom. The van der Waals surface area contributed by atoms with Crippen molar-refractivity contribution in [3.63, 3.8) is 0 Å². The van der Waals surface area contributed by atoms with E-state index in [-0.39, 0.29) is 17.5 Å². The highest BCUT2D eigenvalue weighted by atomic mass is 32.2. The lowest BCUT2D eigenvalue weighted by molar-refractivity contribution is 0.108. The summed E-state index contributed by atoms with van der Waals surface area (Å²) in [6.45, 7) is 6.06. The van der Waals surface area contributed by atoms with Crippen molar-refractivity contribution in [2.75, 3.05) is 24.6 Å². The molecular formula is C16H32N2O2S. The molecule has 2 aliphatic rings. The van der Waals surface area contributed by atoms with Gasteiger partial charge < -0.3 is 5.32 Å². The standard InChI is InChI=1S/C16H32N2O2S/c1-3-21(19,20)13-14(2)17-15-8-7-11-18(12-15)16-9-5-4-6-10-16/h14-17H,3-13H2,1-2H3. The average molecular weight is 317 g/mol. The molecule has 2 unspecified atom stereocenters. The van der Waals surface area contributed by atoms with Gasteiger partial charge in [0.15, 0.2) is 9.84 Å². The Bertz CT molecular complexity index is 405. The Balaban J connectivity index is 1.80. The van der Waals surface area contributed by atoms with E-state index in [0.717, 1.165) is 12.6 Å². The Labute approximate surface area is 130 Å². The van der Waals surface area contributed by atoms with E-state index in [1.807, 2.05) is 6.92 Å². The van der Waals surface area contributed by atoms with Crippen LogP contribution in [0.25, 0.3) is 0 Å². The summed E-state index contributed by atoms with van der Waals surface area (Å²) in [7, 11) is -2.88. The molecule has 1 aliphatic carbocycles. The predicted octanol–water partition coefficient (Wildman–Crippen LogP) is 2.20. The molecule has 1 saturated carbocycles. The zero-order chi connectivity index (χ0) is 15.3. The molecule has 2 rings (SSSR count). The van der Waals surface area contributed by atoms with Crippen molar-refractivity contribution in [3.8, 4) is 0 Å². The molecule has 1 aliphatic heterocycles. The smallest absolute Gasteiger partial charge is 0.151 e. The van der Waals surface area contributed by atoms with Crippen molar-refractivity contribution in [1.29, 1.82) is 0 Å². The lowest BCUT2D eigenvalue weighted by Crippen LogP contribution is -2.52. The maximum Gasteiger partial charge on any atom is 0.151 e. The van der Waals surface area contributed by atoms with Crippen LogP contribution in [-0.4, -0.2) is 56.0 Å². The molecule has 0 aromatic carbocycles. The van der Waals surface area contributed by atoms with Gasteiger partial charge in [-0.05, 0) is 39.2 Å². The summed E-state index contributed by atoms with van der Waals surface area (Å²) in [5.74, 6) is 0.515. The topological polar surface area (TPSA) is 49.4 Å². The number of hydrogen-bond acceptors (Lipinski definition) is 4. The lowest BCUT2D eigenvalue weighted by atomic mass is 9.92. The fourth-order valence-electron chi connectivity index (χ4n) is 3.87. The third-order valence-corrected chi connectivity index (χ3v) is 6.90. The Morgan fingerprint density at radius 2 is 1.86 bits per heavy atom. The summed E-state index contributed by atoms with van der Waals surface area (Å²) < 4.78 is 23.4. The zero-order valence-corrected chi connectivity index (χ0v) is 14.5. The second-order valence-electron chi connectivity index (χ2n) is 6.89. The third-order valence-electron chi connectivity index (χ3n) is 5.01. The van der Waals surface area contributed by atoms with Gasteiger partial charge in [-0.1, -0.05) is 26.2 Å². The average Bonchev–Trinajstić information content (AvgIpc) is 2.48. The number of sulfone groups is 1. The van der Waals surface area contributed by atoms with Gasteiger partial charge in [-0.15, -0.1) is 0 Å². The first-order valence-electron chi connectivity index (χ1n) is 8.70. The number of hydrogen-bond donors (Lipinski definition) is 1. The van der Waals surface area contributed by atoms with Crippen molar-refractivity contribution in [1.82, 2.24) is 10.2 Å². The molecule has 1 heterocycles. The van der Waals surface area contributed by atoms with Gasteiger partial charge in [0.05, 0.1) is 5.75 Å². The van der Waals surface area contributed by atoms with Crippen molar-refractivity contribution >= 4 is 9.84 Å². The summed E-state index contributed by atoms with van der Waals surface area (Å²) in [5, 5.41) is 3.56. The summed E-state index contributed by atoms with van der Waals surface area (Å²) in [5.41, 5.74) is 0. The Morgan fingerprint density at radius 3 is 2.52 bits per heavy atom. The van der Waals surface area contributed by atoms with Crippen LogP contribution >= 0.6 is 0 Å². The molecule has 0 amide bonds. The molecule has 0 aromatic rings. The molecule has 0 radical (unpaired) electrons. The van der Waals surface area contributed by atoms with Gasteiger partial charge in [-0.25, -0.2) is 8.42 Å². The molecule has 2 fully saturated rings. The summed E-state index contributed by atoms with van der Waals surface area (Å²) in [6.07, 6.45) is 9.28. The van der Waals surface area contributed by atoms with Gasteiger partial charge in [-0.3, -0.25) is 4.90 Å². The van der Waals surface area contributed by atoms with Crippen LogP contribution < -0.4 is 5.32 Å². The number of piperidine rings is 1. The molecular weight excluding hydrogens is 284 g/mol. The molecule has 0 spiro atoms. The molecule has 124 valence electrons. The van der Waals surface area contributed by atoms with Gasteiger partial charge in [0.2, 0.25) is 0 Å². The Kier molecular flexibility index (Phi) is 6.51. The third kappa shape index (κ3) is 5.53. The van der Waals surface area contributed by atoms with E-state index in [1.165, 1.54) is 51.5 Å². The normalized spacial score (nSPS) is 27.6. The van der Waals surface area contributed by atoms with E-state index in [9.17, 15) is 8.42 Å². The van der Waals surface area contributed by atoms with Crippen molar-refractivity contribution in [2.45, 2.75) is 76.9 Å². The molecule has 1 N–H and O–H groups in total. The monoisotopic (exact) mass is 316 g/mol. The first-order valence-corrected chi connectivity index (χ1v) is 10.5. The summed E-state index contributed by atoms with van der Waals surface area (Å²) in [6, 6.07) is 1.30. The van der Waals surface area contributed by atoms with E-state index in [1.54, 1.807) is 6.92 Å². The maximum atomic E-state index is 11.7. The van der Waals surface area contributed by atoms with Crippen LogP contribution in [0, 0.1) is 0 Å². The SMILES string of the molecule is CCS(=O)(=O)CC(C)NC1CCCN(C2CCCCC2)C1. The number of nitrogens with one attached hydrogen (secondary N) is 1. The van der Waals surface area contributed by atoms with Crippen molar-refractivity contribution in [2.24, 2.45) is 0 Å². The second-order valence-corrected chi connectivity index (χ2v) is 9.29. The number of nitrogens with zero attached hydrogens (tertiary/aromatic N) is 1.